The molecule has 2 atom stereocenters. The third-order valence-corrected chi connectivity index (χ3v) is 6.18. The molecule has 0 aliphatic carbocycles. The fraction of sp³-hybridized carbons (Fsp3) is 0.500. The maximum Gasteiger partial charge on any atom is 0.219 e. The summed E-state index contributed by atoms with van der Waals surface area (Å²) >= 11 is 0. The minimum absolute atomic E-state index is 0.0514. The Hall–Kier alpha value is -2.17. The van der Waals surface area contributed by atoms with E-state index in [0.717, 1.165) is 44.5 Å². The maximum absolute atomic E-state index is 12.4. The van der Waals surface area contributed by atoms with Crippen molar-refractivity contribution in [3.05, 3.63) is 71.3 Å². The third kappa shape index (κ3) is 6.16. The Morgan fingerprint density at radius 1 is 1.13 bits per heavy atom. The van der Waals surface area contributed by atoms with Crippen LogP contribution in [-0.2, 0) is 16.1 Å². The molecule has 162 valence electrons. The number of rotatable bonds is 8. The molecule has 0 aromatic heterocycles. The van der Waals surface area contributed by atoms with Gasteiger partial charge in [-0.1, -0.05) is 54.6 Å². The normalized spacial score (nSPS) is 19.3. The Bertz CT molecular complexity index is 801. The van der Waals surface area contributed by atoms with Crippen LogP contribution < -0.4 is 0 Å². The average Bonchev–Trinajstić information content (AvgIpc) is 2.73. The summed E-state index contributed by atoms with van der Waals surface area (Å²) in [6.45, 7) is 8.31. The molecule has 0 saturated carbocycles. The van der Waals surface area contributed by atoms with Crippen LogP contribution in [0.2, 0.25) is 0 Å². The van der Waals surface area contributed by atoms with E-state index >= 15 is 0 Å². The van der Waals surface area contributed by atoms with Gasteiger partial charge in [0.05, 0.1) is 12.2 Å². The first-order chi connectivity index (χ1) is 14.4. The van der Waals surface area contributed by atoms with Gasteiger partial charge in [0.15, 0.2) is 0 Å². The summed E-state index contributed by atoms with van der Waals surface area (Å²) in [5.74, 6) is 0.838. The van der Waals surface area contributed by atoms with Gasteiger partial charge in [-0.05, 0) is 55.7 Å². The Kier molecular flexibility index (Phi) is 7.68. The SMILES string of the molecule is CC(=O)N(CCC(c1ccccc1)c1ccc(CO)cc1)CC1CCOC(C)(C)C1. The summed E-state index contributed by atoms with van der Waals surface area (Å²) in [4.78, 5) is 14.4. The molecule has 30 heavy (non-hydrogen) atoms. The molecule has 2 unspecified atom stereocenters. The number of amides is 1. The first kappa shape index (κ1) is 22.5. The summed E-state index contributed by atoms with van der Waals surface area (Å²) in [6.07, 6.45) is 2.87. The number of hydrogen-bond acceptors (Lipinski definition) is 3. The van der Waals surface area contributed by atoms with Gasteiger partial charge in [-0.3, -0.25) is 4.79 Å². The van der Waals surface area contributed by atoms with Gasteiger partial charge in [-0.15, -0.1) is 0 Å². The van der Waals surface area contributed by atoms with Crippen molar-refractivity contribution in [2.24, 2.45) is 5.92 Å². The lowest BCUT2D eigenvalue weighted by Gasteiger charge is -2.38. The van der Waals surface area contributed by atoms with Crippen LogP contribution in [0, 0.1) is 5.92 Å². The highest BCUT2D eigenvalue weighted by Gasteiger charge is 2.30. The number of hydrogen-bond donors (Lipinski definition) is 1. The molecular formula is C26H35NO3. The van der Waals surface area contributed by atoms with E-state index in [1.165, 1.54) is 11.1 Å². The zero-order valence-electron chi connectivity index (χ0n) is 18.5. The number of aliphatic hydroxyl groups excluding tert-OH is 1. The molecule has 1 aliphatic rings. The van der Waals surface area contributed by atoms with Crippen molar-refractivity contribution in [2.75, 3.05) is 19.7 Å². The van der Waals surface area contributed by atoms with E-state index in [9.17, 15) is 9.90 Å². The molecule has 0 spiro atoms. The smallest absolute Gasteiger partial charge is 0.219 e. The fourth-order valence-corrected chi connectivity index (χ4v) is 4.55. The highest BCUT2D eigenvalue weighted by atomic mass is 16.5. The van der Waals surface area contributed by atoms with Gasteiger partial charge in [-0.25, -0.2) is 0 Å². The summed E-state index contributed by atoms with van der Waals surface area (Å²) in [7, 11) is 0. The average molecular weight is 410 g/mol. The van der Waals surface area contributed by atoms with Gasteiger partial charge in [0.1, 0.15) is 0 Å². The molecule has 4 heteroatoms. The molecule has 0 radical (unpaired) electrons. The first-order valence-electron chi connectivity index (χ1n) is 11.0. The minimum atomic E-state index is -0.105. The van der Waals surface area contributed by atoms with E-state index in [1.807, 2.05) is 23.1 Å². The third-order valence-electron chi connectivity index (χ3n) is 6.18. The van der Waals surface area contributed by atoms with Crippen LogP contribution in [0.5, 0.6) is 0 Å². The van der Waals surface area contributed by atoms with Crippen LogP contribution in [0.1, 0.15) is 62.6 Å². The zero-order chi connectivity index (χ0) is 21.6. The Labute approximate surface area is 180 Å². The predicted molar refractivity (Wildman–Crippen MR) is 120 cm³/mol. The minimum Gasteiger partial charge on any atom is -0.392 e. The molecule has 2 aromatic carbocycles. The Morgan fingerprint density at radius 3 is 2.40 bits per heavy atom. The molecule has 1 aliphatic heterocycles. The standard InChI is InChI=1S/C26H35NO3/c1-20(29)27(18-22-14-16-30-26(2,3)17-22)15-13-25(23-7-5-4-6-8-23)24-11-9-21(19-28)10-12-24/h4-12,22,25,28H,13-19H2,1-3H3. The number of carbonyl (C=O) groups excluding carboxylic acids is 1. The lowest BCUT2D eigenvalue weighted by molar-refractivity contribution is -0.131. The van der Waals surface area contributed by atoms with E-state index < -0.39 is 0 Å². The predicted octanol–water partition coefficient (Wildman–Crippen LogP) is 4.75. The van der Waals surface area contributed by atoms with E-state index in [4.69, 9.17) is 4.74 Å². The van der Waals surface area contributed by atoms with Crippen LogP contribution in [0.15, 0.2) is 54.6 Å². The topological polar surface area (TPSA) is 49.8 Å². The molecule has 1 heterocycles. The van der Waals surface area contributed by atoms with Crippen LogP contribution in [0.3, 0.4) is 0 Å². The van der Waals surface area contributed by atoms with Crippen molar-refractivity contribution in [2.45, 2.75) is 58.2 Å². The summed E-state index contributed by atoms with van der Waals surface area (Å²) < 4.78 is 5.85. The lowest BCUT2D eigenvalue weighted by Crippen LogP contribution is -2.41. The second-order valence-corrected chi connectivity index (χ2v) is 9.08. The number of ether oxygens (including phenoxy) is 1. The van der Waals surface area contributed by atoms with Crippen molar-refractivity contribution in [1.29, 1.82) is 0 Å². The van der Waals surface area contributed by atoms with Gasteiger partial charge in [0.2, 0.25) is 5.91 Å². The van der Waals surface area contributed by atoms with Crippen molar-refractivity contribution in [3.8, 4) is 0 Å². The highest BCUT2D eigenvalue weighted by Crippen LogP contribution is 2.31. The zero-order valence-corrected chi connectivity index (χ0v) is 18.5. The van der Waals surface area contributed by atoms with Gasteiger partial charge in [-0.2, -0.15) is 0 Å². The number of nitrogens with zero attached hydrogens (tertiary/aromatic N) is 1. The number of benzene rings is 2. The van der Waals surface area contributed by atoms with Crippen LogP contribution in [0.4, 0.5) is 0 Å². The number of aliphatic hydroxyl groups is 1. The fourth-order valence-electron chi connectivity index (χ4n) is 4.55. The van der Waals surface area contributed by atoms with Crippen molar-refractivity contribution < 1.29 is 14.6 Å². The van der Waals surface area contributed by atoms with Gasteiger partial charge < -0.3 is 14.7 Å². The molecule has 1 N–H and O–H groups in total. The van der Waals surface area contributed by atoms with Crippen LogP contribution in [-0.4, -0.2) is 41.2 Å². The molecule has 1 fully saturated rings. The maximum atomic E-state index is 12.4. The van der Waals surface area contributed by atoms with E-state index in [-0.39, 0.29) is 24.0 Å². The Morgan fingerprint density at radius 2 is 1.80 bits per heavy atom. The van der Waals surface area contributed by atoms with Gasteiger partial charge >= 0.3 is 0 Å². The molecule has 4 nitrogen and oxygen atoms in total. The van der Waals surface area contributed by atoms with Crippen LogP contribution in [0.25, 0.3) is 0 Å². The molecule has 2 aromatic rings. The molecule has 1 amide bonds. The first-order valence-corrected chi connectivity index (χ1v) is 11.0. The largest absolute Gasteiger partial charge is 0.392 e. The second kappa shape index (κ2) is 10.2. The molecule has 0 bridgehead atoms. The molecule has 1 saturated heterocycles. The van der Waals surface area contributed by atoms with Crippen molar-refractivity contribution >= 4 is 5.91 Å². The molecular weight excluding hydrogens is 374 g/mol. The van der Waals surface area contributed by atoms with Crippen molar-refractivity contribution in [3.63, 3.8) is 0 Å². The van der Waals surface area contributed by atoms with E-state index in [2.05, 4.69) is 50.2 Å². The second-order valence-electron chi connectivity index (χ2n) is 9.08. The number of carbonyl (C=O) groups is 1. The van der Waals surface area contributed by atoms with Gasteiger partial charge in [0, 0.05) is 32.5 Å². The Balaban J connectivity index is 1.73. The summed E-state index contributed by atoms with van der Waals surface area (Å²) in [5.41, 5.74) is 3.28. The monoisotopic (exact) mass is 409 g/mol. The molecule has 3 rings (SSSR count). The summed E-state index contributed by atoms with van der Waals surface area (Å²) in [6, 6.07) is 18.6. The van der Waals surface area contributed by atoms with Crippen molar-refractivity contribution in [1.82, 2.24) is 4.90 Å². The van der Waals surface area contributed by atoms with Gasteiger partial charge in [0.25, 0.3) is 0 Å². The highest BCUT2D eigenvalue weighted by molar-refractivity contribution is 5.73. The quantitative estimate of drug-likeness (QED) is 0.684. The van der Waals surface area contributed by atoms with E-state index in [1.54, 1.807) is 6.92 Å². The van der Waals surface area contributed by atoms with E-state index in [0.29, 0.717) is 5.92 Å². The summed E-state index contributed by atoms with van der Waals surface area (Å²) in [5, 5.41) is 9.36. The lowest BCUT2D eigenvalue weighted by atomic mass is 9.86. The van der Waals surface area contributed by atoms with Crippen LogP contribution >= 0.6 is 0 Å².